The molecule has 0 atom stereocenters. The first-order valence-corrected chi connectivity index (χ1v) is 8.45. The van der Waals surface area contributed by atoms with Crippen molar-refractivity contribution in [2.75, 3.05) is 19.6 Å². The zero-order chi connectivity index (χ0) is 12.9. The molecule has 0 spiro atoms. The highest BCUT2D eigenvalue weighted by Gasteiger charge is 2.08. The smallest absolute Gasteiger partial charge is 0.00187 e. The van der Waals surface area contributed by atoms with Gasteiger partial charge in [-0.3, -0.25) is 0 Å². The second-order valence-electron chi connectivity index (χ2n) is 5.94. The van der Waals surface area contributed by atoms with E-state index in [2.05, 4.69) is 11.8 Å². The molecule has 0 N–H and O–H groups in total. The Morgan fingerprint density at radius 1 is 0.611 bits per heavy atom. The van der Waals surface area contributed by atoms with Crippen LogP contribution >= 0.6 is 0 Å². The molecule has 0 unspecified atom stereocenters. The van der Waals surface area contributed by atoms with E-state index in [1.54, 1.807) is 0 Å². The Bertz CT molecular complexity index is 161. The van der Waals surface area contributed by atoms with E-state index in [9.17, 15) is 0 Å². The first-order valence-electron chi connectivity index (χ1n) is 8.45. The van der Waals surface area contributed by atoms with E-state index in [-0.39, 0.29) is 0 Å². The molecule has 1 rings (SSSR count). The van der Waals surface area contributed by atoms with Crippen molar-refractivity contribution in [2.45, 2.75) is 83.5 Å². The van der Waals surface area contributed by atoms with Crippen LogP contribution in [0.25, 0.3) is 0 Å². The van der Waals surface area contributed by atoms with Gasteiger partial charge in [-0.1, -0.05) is 71.1 Å². The van der Waals surface area contributed by atoms with Crippen molar-refractivity contribution in [3.8, 4) is 0 Å². The van der Waals surface area contributed by atoms with Crippen molar-refractivity contribution in [3.05, 3.63) is 6.92 Å². The SMILES string of the molecule is [CH2]CCCCCCCCCCCN1CCCCC1. The molecule has 1 fully saturated rings. The van der Waals surface area contributed by atoms with Crippen molar-refractivity contribution in [1.82, 2.24) is 4.90 Å². The predicted octanol–water partition coefficient (Wildman–Crippen LogP) is 5.21. The second-order valence-corrected chi connectivity index (χ2v) is 5.94. The van der Waals surface area contributed by atoms with Gasteiger partial charge < -0.3 is 4.90 Å². The molecule has 1 saturated heterocycles. The average molecular weight is 252 g/mol. The lowest BCUT2D eigenvalue weighted by Gasteiger charge is -2.26. The summed E-state index contributed by atoms with van der Waals surface area (Å²) in [6.45, 7) is 7.99. The van der Waals surface area contributed by atoms with Gasteiger partial charge in [0.05, 0.1) is 0 Å². The fraction of sp³-hybridized carbons (Fsp3) is 0.941. The standard InChI is InChI=1S/C17H34N/c1-2-3-4-5-6-7-8-9-10-12-15-18-16-13-11-14-17-18/h1-17H2. The summed E-state index contributed by atoms with van der Waals surface area (Å²) in [7, 11) is 0. The van der Waals surface area contributed by atoms with Gasteiger partial charge in [-0.2, -0.15) is 0 Å². The first kappa shape index (κ1) is 16.0. The zero-order valence-electron chi connectivity index (χ0n) is 12.5. The average Bonchev–Trinajstić information content (AvgIpc) is 2.42. The van der Waals surface area contributed by atoms with Crippen molar-refractivity contribution in [2.24, 2.45) is 0 Å². The van der Waals surface area contributed by atoms with Crippen molar-refractivity contribution in [1.29, 1.82) is 0 Å². The van der Waals surface area contributed by atoms with E-state index in [0.717, 1.165) is 6.42 Å². The largest absolute Gasteiger partial charge is 0.303 e. The first-order chi connectivity index (χ1) is 8.93. The molecule has 0 aromatic rings. The van der Waals surface area contributed by atoms with Gasteiger partial charge in [-0.15, -0.1) is 0 Å². The maximum Gasteiger partial charge on any atom is -0.00187 e. The van der Waals surface area contributed by atoms with Gasteiger partial charge in [0, 0.05) is 0 Å². The lowest BCUT2D eigenvalue weighted by atomic mass is 10.1. The summed E-state index contributed by atoms with van der Waals surface area (Å²) in [4.78, 5) is 2.67. The molecule has 1 aliphatic heterocycles. The molecular weight excluding hydrogens is 218 g/mol. The van der Waals surface area contributed by atoms with Crippen LogP contribution in [0.3, 0.4) is 0 Å². The molecule has 0 aromatic heterocycles. The van der Waals surface area contributed by atoms with Crippen molar-refractivity contribution in [3.63, 3.8) is 0 Å². The molecule has 0 bridgehead atoms. The molecule has 107 valence electrons. The highest BCUT2D eigenvalue weighted by atomic mass is 15.1. The van der Waals surface area contributed by atoms with Crippen LogP contribution in [-0.4, -0.2) is 24.5 Å². The van der Waals surface area contributed by atoms with Gasteiger partial charge in [-0.25, -0.2) is 0 Å². The van der Waals surface area contributed by atoms with Gasteiger partial charge in [0.2, 0.25) is 0 Å². The predicted molar refractivity (Wildman–Crippen MR) is 81.8 cm³/mol. The normalized spacial score (nSPS) is 17.2. The number of nitrogens with zero attached hydrogens (tertiary/aromatic N) is 1. The van der Waals surface area contributed by atoms with Crippen molar-refractivity contribution >= 4 is 0 Å². The monoisotopic (exact) mass is 252 g/mol. The van der Waals surface area contributed by atoms with Crippen LogP contribution in [0.2, 0.25) is 0 Å². The highest BCUT2D eigenvalue weighted by Crippen LogP contribution is 2.12. The summed E-state index contributed by atoms with van der Waals surface area (Å²) in [5.74, 6) is 0. The lowest BCUT2D eigenvalue weighted by molar-refractivity contribution is 0.224. The fourth-order valence-corrected chi connectivity index (χ4v) is 2.93. The van der Waals surface area contributed by atoms with Crippen LogP contribution in [-0.2, 0) is 0 Å². The Kier molecular flexibility index (Phi) is 10.7. The third-order valence-electron chi connectivity index (χ3n) is 4.17. The van der Waals surface area contributed by atoms with E-state index in [0.29, 0.717) is 0 Å². The van der Waals surface area contributed by atoms with Gasteiger partial charge in [0.15, 0.2) is 0 Å². The van der Waals surface area contributed by atoms with E-state index in [1.807, 2.05) is 0 Å². The molecule has 0 aliphatic carbocycles. The minimum absolute atomic E-state index is 1.12. The molecule has 0 amide bonds. The minimum Gasteiger partial charge on any atom is -0.303 e. The summed E-state index contributed by atoms with van der Waals surface area (Å²) >= 11 is 0. The number of likely N-dealkylation sites (tertiary alicyclic amines) is 1. The van der Waals surface area contributed by atoms with E-state index in [4.69, 9.17) is 0 Å². The van der Waals surface area contributed by atoms with Gasteiger partial charge in [-0.05, 0) is 38.9 Å². The Morgan fingerprint density at radius 2 is 1.11 bits per heavy atom. The van der Waals surface area contributed by atoms with E-state index < -0.39 is 0 Å². The third-order valence-corrected chi connectivity index (χ3v) is 4.17. The number of rotatable bonds is 11. The minimum atomic E-state index is 1.12. The van der Waals surface area contributed by atoms with Crippen LogP contribution < -0.4 is 0 Å². The maximum absolute atomic E-state index is 3.89. The Morgan fingerprint density at radius 3 is 1.67 bits per heavy atom. The molecule has 18 heavy (non-hydrogen) atoms. The molecule has 1 heterocycles. The van der Waals surface area contributed by atoms with Gasteiger partial charge in [0.25, 0.3) is 0 Å². The number of piperidine rings is 1. The van der Waals surface area contributed by atoms with Gasteiger partial charge in [0.1, 0.15) is 0 Å². The topological polar surface area (TPSA) is 3.24 Å². The Labute approximate surface area is 115 Å². The molecule has 1 nitrogen and oxygen atoms in total. The number of hydrogen-bond acceptors (Lipinski definition) is 1. The van der Waals surface area contributed by atoms with Crippen LogP contribution in [0.1, 0.15) is 83.5 Å². The Balaban J connectivity index is 1.73. The zero-order valence-corrected chi connectivity index (χ0v) is 12.5. The fourth-order valence-electron chi connectivity index (χ4n) is 2.93. The van der Waals surface area contributed by atoms with Crippen LogP contribution in [0.15, 0.2) is 0 Å². The summed E-state index contributed by atoms with van der Waals surface area (Å²) < 4.78 is 0. The van der Waals surface area contributed by atoms with E-state index >= 15 is 0 Å². The molecule has 0 saturated carbocycles. The van der Waals surface area contributed by atoms with Crippen LogP contribution in [0.4, 0.5) is 0 Å². The van der Waals surface area contributed by atoms with E-state index in [1.165, 1.54) is 96.7 Å². The van der Waals surface area contributed by atoms with Crippen LogP contribution in [0, 0.1) is 6.92 Å². The molecular formula is C17H34N. The molecule has 1 heteroatoms. The molecule has 1 radical (unpaired) electrons. The highest BCUT2D eigenvalue weighted by molar-refractivity contribution is 4.64. The number of hydrogen-bond donors (Lipinski definition) is 0. The summed E-state index contributed by atoms with van der Waals surface area (Å²) in [6, 6.07) is 0. The summed E-state index contributed by atoms with van der Waals surface area (Å²) in [6.07, 6.45) is 18.3. The quantitative estimate of drug-likeness (QED) is 0.456. The third kappa shape index (κ3) is 8.97. The second kappa shape index (κ2) is 12.0. The van der Waals surface area contributed by atoms with Crippen LogP contribution in [0.5, 0.6) is 0 Å². The lowest BCUT2D eigenvalue weighted by Crippen LogP contribution is -2.30. The summed E-state index contributed by atoms with van der Waals surface area (Å²) in [5, 5.41) is 0. The van der Waals surface area contributed by atoms with Crippen molar-refractivity contribution < 1.29 is 0 Å². The number of unbranched alkanes of at least 4 members (excludes halogenated alkanes) is 9. The molecule has 1 aliphatic rings. The van der Waals surface area contributed by atoms with Gasteiger partial charge >= 0.3 is 0 Å². The molecule has 0 aromatic carbocycles. The Hall–Kier alpha value is -0.0400. The summed E-state index contributed by atoms with van der Waals surface area (Å²) in [5.41, 5.74) is 0. The maximum atomic E-state index is 3.89.